The summed E-state index contributed by atoms with van der Waals surface area (Å²) >= 11 is 0. The zero-order chi connectivity index (χ0) is 21.2. The number of nitrogens with zero attached hydrogens (tertiary/aromatic N) is 1. The Kier molecular flexibility index (Phi) is 8.09. The van der Waals surface area contributed by atoms with Crippen LogP contribution in [0.25, 0.3) is 0 Å². The Morgan fingerprint density at radius 3 is 2.63 bits per heavy atom. The highest BCUT2D eigenvalue weighted by Gasteiger charge is 2.18. The van der Waals surface area contributed by atoms with Crippen LogP contribution in [0.3, 0.4) is 0 Å². The molecule has 2 aromatic carbocycles. The van der Waals surface area contributed by atoms with Crippen molar-refractivity contribution in [2.45, 2.75) is 19.8 Å². The zero-order valence-electron chi connectivity index (χ0n) is 17.4. The second kappa shape index (κ2) is 11.2. The molecule has 0 radical (unpaired) electrons. The maximum Gasteiger partial charge on any atom is 0.254 e. The van der Waals surface area contributed by atoms with Crippen LogP contribution < -0.4 is 15.4 Å². The number of morpholine rings is 1. The molecule has 0 aromatic heterocycles. The average molecular weight is 412 g/mol. The molecule has 0 spiro atoms. The lowest BCUT2D eigenvalue weighted by atomic mass is 10.1. The van der Waals surface area contributed by atoms with E-state index in [4.69, 9.17) is 9.47 Å². The fourth-order valence-corrected chi connectivity index (χ4v) is 3.10. The second-order valence-electron chi connectivity index (χ2n) is 7.12. The van der Waals surface area contributed by atoms with Crippen LogP contribution in [-0.2, 0) is 9.53 Å². The van der Waals surface area contributed by atoms with Gasteiger partial charge in [-0.05, 0) is 36.8 Å². The zero-order valence-corrected chi connectivity index (χ0v) is 17.4. The molecule has 2 aromatic rings. The molecule has 0 unspecified atom stereocenters. The SMILES string of the molecule is CCCCOc1cccc(NCC(=O)Nc2cccc(C(=O)N3CCOCC3)c2)c1. The van der Waals surface area contributed by atoms with Gasteiger partial charge in [0.05, 0.1) is 26.4 Å². The summed E-state index contributed by atoms with van der Waals surface area (Å²) in [7, 11) is 0. The number of nitrogens with one attached hydrogen (secondary N) is 2. The van der Waals surface area contributed by atoms with Crippen molar-refractivity contribution in [3.05, 3.63) is 54.1 Å². The molecule has 0 bridgehead atoms. The average Bonchev–Trinajstić information content (AvgIpc) is 2.78. The van der Waals surface area contributed by atoms with Crippen molar-refractivity contribution in [3.8, 4) is 5.75 Å². The van der Waals surface area contributed by atoms with Gasteiger partial charge in [-0.1, -0.05) is 25.5 Å². The normalized spacial score (nSPS) is 13.6. The molecule has 160 valence electrons. The Labute approximate surface area is 177 Å². The van der Waals surface area contributed by atoms with Crippen molar-refractivity contribution in [1.82, 2.24) is 4.90 Å². The summed E-state index contributed by atoms with van der Waals surface area (Å²) in [5, 5.41) is 5.94. The largest absolute Gasteiger partial charge is 0.494 e. The predicted octanol–water partition coefficient (Wildman–Crippen LogP) is 3.39. The van der Waals surface area contributed by atoms with E-state index in [-0.39, 0.29) is 18.4 Å². The first-order valence-electron chi connectivity index (χ1n) is 10.4. The Bertz CT molecular complexity index is 850. The van der Waals surface area contributed by atoms with Crippen LogP contribution in [0, 0.1) is 0 Å². The summed E-state index contributed by atoms with van der Waals surface area (Å²) < 4.78 is 11.0. The standard InChI is InChI=1S/C23H29N3O4/c1-2-3-12-30-21-9-5-7-19(16-21)24-17-22(27)25-20-8-4-6-18(15-20)23(28)26-10-13-29-14-11-26/h4-9,15-16,24H,2-3,10-14,17H2,1H3,(H,25,27). The monoisotopic (exact) mass is 411 g/mol. The molecule has 0 atom stereocenters. The molecule has 7 nitrogen and oxygen atoms in total. The van der Waals surface area contributed by atoms with Crippen LogP contribution in [0.5, 0.6) is 5.75 Å². The minimum atomic E-state index is -0.191. The third-order valence-electron chi connectivity index (χ3n) is 4.75. The Morgan fingerprint density at radius 1 is 1.07 bits per heavy atom. The van der Waals surface area contributed by atoms with Gasteiger partial charge in [-0.2, -0.15) is 0 Å². The summed E-state index contributed by atoms with van der Waals surface area (Å²) in [6, 6.07) is 14.6. The van der Waals surface area contributed by atoms with Gasteiger partial charge in [0.25, 0.3) is 5.91 Å². The molecular weight excluding hydrogens is 382 g/mol. The number of carbonyl (C=O) groups excluding carboxylic acids is 2. The molecule has 1 saturated heterocycles. The highest BCUT2D eigenvalue weighted by molar-refractivity contribution is 5.98. The molecule has 7 heteroatoms. The van der Waals surface area contributed by atoms with E-state index in [1.807, 2.05) is 24.3 Å². The lowest BCUT2D eigenvalue weighted by Gasteiger charge is -2.27. The van der Waals surface area contributed by atoms with Gasteiger partial charge in [0.2, 0.25) is 5.91 Å². The minimum Gasteiger partial charge on any atom is -0.494 e. The first-order chi connectivity index (χ1) is 14.7. The van der Waals surface area contributed by atoms with E-state index in [1.165, 1.54) is 0 Å². The van der Waals surface area contributed by atoms with Gasteiger partial charge in [0.1, 0.15) is 5.75 Å². The summed E-state index contributed by atoms with van der Waals surface area (Å²) in [5.41, 5.74) is 1.97. The topological polar surface area (TPSA) is 79.9 Å². The van der Waals surface area contributed by atoms with Crippen molar-refractivity contribution >= 4 is 23.2 Å². The fraction of sp³-hybridized carbons (Fsp3) is 0.391. The van der Waals surface area contributed by atoms with Gasteiger partial charge in [-0.3, -0.25) is 9.59 Å². The van der Waals surface area contributed by atoms with Crippen LogP contribution >= 0.6 is 0 Å². The predicted molar refractivity (Wildman–Crippen MR) is 117 cm³/mol. The molecule has 2 amide bonds. The first kappa shape index (κ1) is 21.6. The second-order valence-corrected chi connectivity index (χ2v) is 7.12. The number of benzene rings is 2. The number of carbonyl (C=O) groups is 2. The summed E-state index contributed by atoms with van der Waals surface area (Å²) in [6.07, 6.45) is 2.09. The Hall–Kier alpha value is -3.06. The van der Waals surface area contributed by atoms with E-state index >= 15 is 0 Å². The molecule has 30 heavy (non-hydrogen) atoms. The third kappa shape index (κ3) is 6.49. The van der Waals surface area contributed by atoms with Gasteiger partial charge in [-0.15, -0.1) is 0 Å². The fourth-order valence-electron chi connectivity index (χ4n) is 3.10. The number of hydrogen-bond donors (Lipinski definition) is 2. The van der Waals surface area contributed by atoms with E-state index in [2.05, 4.69) is 17.6 Å². The van der Waals surface area contributed by atoms with Crippen LogP contribution in [-0.4, -0.2) is 56.2 Å². The van der Waals surface area contributed by atoms with Crippen molar-refractivity contribution in [1.29, 1.82) is 0 Å². The first-order valence-corrected chi connectivity index (χ1v) is 10.4. The molecule has 3 rings (SSSR count). The van der Waals surface area contributed by atoms with Gasteiger partial charge >= 0.3 is 0 Å². The van der Waals surface area contributed by atoms with Gasteiger partial charge < -0.3 is 25.0 Å². The molecular formula is C23H29N3O4. The van der Waals surface area contributed by atoms with Crippen LogP contribution in [0.2, 0.25) is 0 Å². The van der Waals surface area contributed by atoms with Crippen LogP contribution in [0.15, 0.2) is 48.5 Å². The van der Waals surface area contributed by atoms with E-state index in [0.29, 0.717) is 44.2 Å². The van der Waals surface area contributed by atoms with Crippen LogP contribution in [0.1, 0.15) is 30.1 Å². The molecule has 1 aliphatic rings. The van der Waals surface area contributed by atoms with Gasteiger partial charge in [0.15, 0.2) is 0 Å². The molecule has 0 saturated carbocycles. The third-order valence-corrected chi connectivity index (χ3v) is 4.75. The summed E-state index contributed by atoms with van der Waals surface area (Å²) in [6.45, 7) is 5.19. The van der Waals surface area contributed by atoms with E-state index < -0.39 is 0 Å². The maximum absolute atomic E-state index is 12.6. The number of amides is 2. The molecule has 1 aliphatic heterocycles. The molecule has 2 N–H and O–H groups in total. The van der Waals surface area contributed by atoms with E-state index in [0.717, 1.165) is 24.3 Å². The van der Waals surface area contributed by atoms with E-state index in [9.17, 15) is 9.59 Å². The number of rotatable bonds is 9. The lowest BCUT2D eigenvalue weighted by molar-refractivity contribution is -0.114. The van der Waals surface area contributed by atoms with Crippen molar-refractivity contribution < 1.29 is 19.1 Å². The van der Waals surface area contributed by atoms with Crippen molar-refractivity contribution in [2.75, 3.05) is 50.1 Å². The Morgan fingerprint density at radius 2 is 1.83 bits per heavy atom. The molecule has 0 aliphatic carbocycles. The van der Waals surface area contributed by atoms with Gasteiger partial charge in [-0.25, -0.2) is 0 Å². The summed E-state index contributed by atoms with van der Waals surface area (Å²) in [5.74, 6) is 0.541. The smallest absolute Gasteiger partial charge is 0.254 e. The number of anilines is 2. The lowest BCUT2D eigenvalue weighted by Crippen LogP contribution is -2.40. The van der Waals surface area contributed by atoms with Crippen molar-refractivity contribution in [3.63, 3.8) is 0 Å². The van der Waals surface area contributed by atoms with Gasteiger partial charge in [0, 0.05) is 36.1 Å². The molecule has 1 fully saturated rings. The minimum absolute atomic E-state index is 0.0487. The van der Waals surface area contributed by atoms with E-state index in [1.54, 1.807) is 29.2 Å². The quantitative estimate of drug-likeness (QED) is 0.619. The number of ether oxygens (including phenoxy) is 2. The summed E-state index contributed by atoms with van der Waals surface area (Å²) in [4.78, 5) is 26.7. The highest BCUT2D eigenvalue weighted by atomic mass is 16.5. The van der Waals surface area contributed by atoms with Crippen molar-refractivity contribution in [2.24, 2.45) is 0 Å². The Balaban J connectivity index is 1.51. The number of unbranched alkanes of at least 4 members (excludes halogenated alkanes) is 1. The van der Waals surface area contributed by atoms with Crippen LogP contribution in [0.4, 0.5) is 11.4 Å². The maximum atomic E-state index is 12.6. The number of hydrogen-bond acceptors (Lipinski definition) is 5. The molecule has 1 heterocycles. The highest BCUT2D eigenvalue weighted by Crippen LogP contribution is 2.18.